The summed E-state index contributed by atoms with van der Waals surface area (Å²) in [7, 11) is 0. The van der Waals surface area contributed by atoms with Crippen LogP contribution in [0.1, 0.15) is 50.2 Å². The lowest BCUT2D eigenvalue weighted by Gasteiger charge is -2.19. The molecule has 1 unspecified atom stereocenters. The summed E-state index contributed by atoms with van der Waals surface area (Å²) in [6.45, 7) is 0. The normalized spacial score (nSPS) is 21.6. The van der Waals surface area contributed by atoms with Crippen molar-refractivity contribution in [3.05, 3.63) is 41.5 Å². The fourth-order valence-electron chi connectivity index (χ4n) is 2.56. The number of aliphatic hydroxyl groups is 1. The summed E-state index contributed by atoms with van der Waals surface area (Å²) >= 11 is 1.71. The molecule has 2 rings (SSSR count). The van der Waals surface area contributed by atoms with Crippen molar-refractivity contribution in [3.8, 4) is 0 Å². The Bertz CT molecular complexity index is 411. The second-order valence-corrected chi connectivity index (χ2v) is 5.72. The molecular weight excluding hydrogens is 240 g/mol. The van der Waals surface area contributed by atoms with E-state index < -0.39 is 6.10 Å². The highest BCUT2D eigenvalue weighted by Gasteiger charge is 2.16. The van der Waals surface area contributed by atoms with Gasteiger partial charge < -0.3 is 5.11 Å². The molecule has 1 aliphatic carbocycles. The summed E-state index contributed by atoms with van der Waals surface area (Å²) in [5, 5.41) is 10.6. The average molecular weight is 262 g/mol. The smallest absolute Gasteiger partial charge is 0.101 e. The minimum absolute atomic E-state index is 0.410. The van der Waals surface area contributed by atoms with E-state index in [1.54, 1.807) is 11.8 Å². The Morgan fingerprint density at radius 2 is 1.89 bits per heavy atom. The molecule has 0 heterocycles. The molecule has 1 nitrogen and oxygen atoms in total. The first-order valence-electron chi connectivity index (χ1n) is 6.83. The number of allylic oxidation sites excluding steroid dienone is 1. The van der Waals surface area contributed by atoms with E-state index in [1.165, 1.54) is 36.2 Å². The van der Waals surface area contributed by atoms with Gasteiger partial charge in [-0.1, -0.05) is 37.1 Å². The van der Waals surface area contributed by atoms with Crippen LogP contribution in [0, 0.1) is 0 Å². The van der Waals surface area contributed by atoms with Gasteiger partial charge in [-0.3, -0.25) is 0 Å². The van der Waals surface area contributed by atoms with E-state index in [2.05, 4.69) is 24.5 Å². The molecule has 0 spiro atoms. The van der Waals surface area contributed by atoms with Crippen LogP contribution in [-0.4, -0.2) is 11.4 Å². The lowest BCUT2D eigenvalue weighted by molar-refractivity contribution is 0.206. The lowest BCUT2D eigenvalue weighted by atomic mass is 9.93. The van der Waals surface area contributed by atoms with Crippen LogP contribution >= 0.6 is 11.8 Å². The van der Waals surface area contributed by atoms with Crippen LogP contribution in [0.4, 0.5) is 0 Å². The van der Waals surface area contributed by atoms with E-state index >= 15 is 0 Å². The highest BCUT2D eigenvalue weighted by molar-refractivity contribution is 7.98. The molecule has 0 saturated carbocycles. The average Bonchev–Trinajstić information content (AvgIpc) is 2.37. The molecule has 0 aromatic heterocycles. The summed E-state index contributed by atoms with van der Waals surface area (Å²) in [6, 6.07) is 8.19. The zero-order valence-electron chi connectivity index (χ0n) is 11.1. The maximum Gasteiger partial charge on any atom is 0.101 e. The van der Waals surface area contributed by atoms with Crippen molar-refractivity contribution in [2.45, 2.75) is 49.5 Å². The molecule has 1 atom stereocenters. The molecule has 2 heteroatoms. The molecule has 1 aliphatic rings. The topological polar surface area (TPSA) is 20.2 Å². The quantitative estimate of drug-likeness (QED) is 0.628. The molecule has 0 radical (unpaired) electrons. The zero-order chi connectivity index (χ0) is 12.8. The summed E-state index contributed by atoms with van der Waals surface area (Å²) in [5.74, 6) is 0. The maximum absolute atomic E-state index is 10.6. The van der Waals surface area contributed by atoms with Gasteiger partial charge in [-0.15, -0.1) is 11.8 Å². The standard InChI is InChI=1S/C16H22OS/c1-18-15-12-8-7-11-14(15)16(17)13-9-5-3-2-4-6-10-13/h7-9,11-12,16-17H,2-6,10H2,1H3/b13-9+. The van der Waals surface area contributed by atoms with Crippen molar-refractivity contribution < 1.29 is 5.11 Å². The van der Waals surface area contributed by atoms with Gasteiger partial charge in [0, 0.05) is 4.90 Å². The first-order chi connectivity index (χ1) is 8.83. The zero-order valence-corrected chi connectivity index (χ0v) is 11.9. The third-order valence-electron chi connectivity index (χ3n) is 3.61. The highest BCUT2D eigenvalue weighted by Crippen LogP contribution is 2.33. The summed E-state index contributed by atoms with van der Waals surface area (Å²) in [5.41, 5.74) is 2.29. The molecule has 1 N–H and O–H groups in total. The van der Waals surface area contributed by atoms with Gasteiger partial charge in [-0.2, -0.15) is 0 Å². The number of aliphatic hydroxyl groups excluding tert-OH is 1. The lowest BCUT2D eigenvalue weighted by Crippen LogP contribution is -2.05. The van der Waals surface area contributed by atoms with Gasteiger partial charge in [0.25, 0.3) is 0 Å². The van der Waals surface area contributed by atoms with Crippen molar-refractivity contribution in [2.24, 2.45) is 0 Å². The Hall–Kier alpha value is -0.730. The first-order valence-corrected chi connectivity index (χ1v) is 8.05. The number of thioether (sulfide) groups is 1. The highest BCUT2D eigenvalue weighted by atomic mass is 32.2. The largest absolute Gasteiger partial charge is 0.384 e. The first kappa shape index (κ1) is 13.7. The summed E-state index contributed by atoms with van der Waals surface area (Å²) < 4.78 is 0. The van der Waals surface area contributed by atoms with Crippen molar-refractivity contribution >= 4 is 11.8 Å². The minimum Gasteiger partial charge on any atom is -0.384 e. The molecule has 0 aliphatic heterocycles. The van der Waals surface area contributed by atoms with E-state index in [-0.39, 0.29) is 0 Å². The van der Waals surface area contributed by atoms with Crippen molar-refractivity contribution in [2.75, 3.05) is 6.26 Å². The molecule has 0 fully saturated rings. The van der Waals surface area contributed by atoms with E-state index in [1.807, 2.05) is 12.1 Å². The van der Waals surface area contributed by atoms with Crippen LogP contribution in [0.2, 0.25) is 0 Å². The van der Waals surface area contributed by atoms with Crippen LogP contribution in [0.15, 0.2) is 40.8 Å². The predicted molar refractivity (Wildman–Crippen MR) is 79.0 cm³/mol. The van der Waals surface area contributed by atoms with Crippen LogP contribution < -0.4 is 0 Å². The van der Waals surface area contributed by atoms with Gasteiger partial charge in [0.2, 0.25) is 0 Å². The molecule has 0 saturated heterocycles. The molecule has 18 heavy (non-hydrogen) atoms. The molecule has 0 amide bonds. The van der Waals surface area contributed by atoms with Crippen LogP contribution in [0.5, 0.6) is 0 Å². The third-order valence-corrected chi connectivity index (χ3v) is 4.42. The summed E-state index contributed by atoms with van der Waals surface area (Å²) in [4.78, 5) is 1.19. The molecule has 0 bridgehead atoms. The van der Waals surface area contributed by atoms with E-state index in [0.29, 0.717) is 0 Å². The minimum atomic E-state index is -0.410. The fraction of sp³-hybridized carbons (Fsp3) is 0.500. The molecule has 98 valence electrons. The van der Waals surface area contributed by atoms with Gasteiger partial charge in [0.05, 0.1) is 0 Å². The Balaban J connectivity index is 2.20. The number of benzene rings is 1. The van der Waals surface area contributed by atoms with E-state index in [9.17, 15) is 5.11 Å². The van der Waals surface area contributed by atoms with Gasteiger partial charge >= 0.3 is 0 Å². The Morgan fingerprint density at radius 3 is 2.72 bits per heavy atom. The monoisotopic (exact) mass is 262 g/mol. The van der Waals surface area contributed by atoms with Crippen LogP contribution in [-0.2, 0) is 0 Å². The Labute approximate surface area is 114 Å². The Kier molecular flexibility index (Phi) is 5.33. The van der Waals surface area contributed by atoms with E-state index in [4.69, 9.17) is 0 Å². The van der Waals surface area contributed by atoms with Gasteiger partial charge in [-0.05, 0) is 49.1 Å². The number of hydrogen-bond donors (Lipinski definition) is 1. The predicted octanol–water partition coefficient (Wildman–Crippen LogP) is 4.72. The molecule has 1 aromatic carbocycles. The van der Waals surface area contributed by atoms with Gasteiger partial charge in [0.15, 0.2) is 0 Å². The summed E-state index contributed by atoms with van der Waals surface area (Å²) in [6.07, 6.45) is 11.2. The second-order valence-electron chi connectivity index (χ2n) is 4.88. The number of rotatable bonds is 3. The maximum atomic E-state index is 10.6. The van der Waals surface area contributed by atoms with Crippen LogP contribution in [0.25, 0.3) is 0 Å². The second kappa shape index (κ2) is 7.01. The van der Waals surface area contributed by atoms with Gasteiger partial charge in [-0.25, -0.2) is 0 Å². The third kappa shape index (κ3) is 3.39. The van der Waals surface area contributed by atoms with Crippen molar-refractivity contribution in [3.63, 3.8) is 0 Å². The SMILES string of the molecule is CSc1ccccc1C(O)/C1=C/CCCCCC1. The number of hydrogen-bond acceptors (Lipinski definition) is 2. The van der Waals surface area contributed by atoms with Gasteiger partial charge in [0.1, 0.15) is 6.10 Å². The fourth-order valence-corrected chi connectivity index (χ4v) is 3.19. The van der Waals surface area contributed by atoms with Crippen molar-refractivity contribution in [1.29, 1.82) is 0 Å². The van der Waals surface area contributed by atoms with Crippen LogP contribution in [0.3, 0.4) is 0 Å². The van der Waals surface area contributed by atoms with Crippen molar-refractivity contribution in [1.82, 2.24) is 0 Å². The molecular formula is C16H22OS. The van der Waals surface area contributed by atoms with E-state index in [0.717, 1.165) is 18.4 Å². The molecule has 1 aromatic rings. The Morgan fingerprint density at radius 1 is 1.11 bits per heavy atom.